The Labute approximate surface area is 159 Å². The molecule has 1 aromatic rings. The number of halogens is 1. The third kappa shape index (κ3) is 4.13. The quantitative estimate of drug-likeness (QED) is 0.804. The van der Waals surface area contributed by atoms with Gasteiger partial charge >= 0.3 is 12.0 Å². The zero-order valence-corrected chi connectivity index (χ0v) is 15.8. The van der Waals surface area contributed by atoms with Gasteiger partial charge in [-0.05, 0) is 38.9 Å². The lowest BCUT2D eigenvalue weighted by atomic mass is 9.93. The number of hydrogen-bond donors (Lipinski definition) is 1. The van der Waals surface area contributed by atoms with Gasteiger partial charge in [-0.15, -0.1) is 0 Å². The molecular weight excluding hydrogens is 349 g/mol. The number of carbonyl (C=O) groups excluding carboxylic acids is 2. The summed E-state index contributed by atoms with van der Waals surface area (Å²) in [6.07, 6.45) is 3.37. The smallest absolute Gasteiger partial charge is 0.338 e. The van der Waals surface area contributed by atoms with Crippen LogP contribution in [-0.2, 0) is 9.53 Å². The molecule has 1 aromatic carbocycles. The summed E-state index contributed by atoms with van der Waals surface area (Å²) in [6, 6.07) is 4.96. The summed E-state index contributed by atoms with van der Waals surface area (Å²) in [5.74, 6) is -0.990. The Morgan fingerprint density at radius 1 is 1.26 bits per heavy atom. The number of likely N-dealkylation sites (tertiary alicyclic amines) is 1. The topological polar surface area (TPSA) is 61.9 Å². The molecule has 1 N–H and O–H groups in total. The number of urea groups is 1. The fourth-order valence-corrected chi connectivity index (χ4v) is 3.67. The zero-order chi connectivity index (χ0) is 19.4. The molecule has 1 fully saturated rings. The first-order valence-electron chi connectivity index (χ1n) is 9.44. The van der Waals surface area contributed by atoms with E-state index in [4.69, 9.17) is 4.74 Å². The molecule has 0 saturated carbocycles. The molecule has 0 spiro atoms. The lowest BCUT2D eigenvalue weighted by Gasteiger charge is -2.37. The Hall–Kier alpha value is -2.41. The first-order valence-corrected chi connectivity index (χ1v) is 9.44. The summed E-state index contributed by atoms with van der Waals surface area (Å²) in [5, 5.41) is 2.75. The summed E-state index contributed by atoms with van der Waals surface area (Å²) < 4.78 is 19.7. The Bertz CT molecular complexity index is 744. The number of amides is 2. The highest BCUT2D eigenvalue weighted by atomic mass is 19.1. The summed E-state index contributed by atoms with van der Waals surface area (Å²) in [6.45, 7) is 4.23. The van der Waals surface area contributed by atoms with Gasteiger partial charge in [0.1, 0.15) is 5.82 Å². The number of likely N-dealkylation sites (N-methyl/N-ethyl adjacent to an activating group) is 1. The first-order chi connectivity index (χ1) is 13.0. The molecular formula is C20H26FN3O3. The van der Waals surface area contributed by atoms with Gasteiger partial charge in [-0.1, -0.05) is 24.6 Å². The van der Waals surface area contributed by atoms with Crippen LogP contribution < -0.4 is 5.32 Å². The molecule has 2 aliphatic rings. The molecule has 6 nitrogen and oxygen atoms in total. The van der Waals surface area contributed by atoms with Crippen molar-refractivity contribution in [2.75, 3.05) is 33.3 Å². The molecule has 0 aliphatic carbocycles. The van der Waals surface area contributed by atoms with Crippen molar-refractivity contribution in [2.45, 2.75) is 32.2 Å². The largest absolute Gasteiger partial charge is 0.463 e. The summed E-state index contributed by atoms with van der Waals surface area (Å²) in [4.78, 5) is 29.0. The van der Waals surface area contributed by atoms with E-state index in [1.54, 1.807) is 32.2 Å². The monoisotopic (exact) mass is 375 g/mol. The lowest BCUT2D eigenvalue weighted by molar-refractivity contribution is -0.139. The maximum absolute atomic E-state index is 14.5. The van der Waals surface area contributed by atoms with Crippen LogP contribution in [0.1, 0.15) is 37.8 Å². The number of ether oxygens (including phenoxy) is 1. The molecule has 2 heterocycles. The van der Waals surface area contributed by atoms with Gasteiger partial charge in [0.15, 0.2) is 0 Å². The van der Waals surface area contributed by atoms with Crippen LogP contribution in [0, 0.1) is 5.82 Å². The third-order valence-electron chi connectivity index (χ3n) is 5.11. The Kier molecular flexibility index (Phi) is 6.11. The third-order valence-corrected chi connectivity index (χ3v) is 5.11. The van der Waals surface area contributed by atoms with Gasteiger partial charge < -0.3 is 10.1 Å². The highest BCUT2D eigenvalue weighted by Gasteiger charge is 2.38. The lowest BCUT2D eigenvalue weighted by Crippen LogP contribution is -2.49. The average Bonchev–Trinajstić information content (AvgIpc) is 2.66. The molecule has 2 aliphatic heterocycles. The molecule has 1 atom stereocenters. The van der Waals surface area contributed by atoms with Gasteiger partial charge in [0.05, 0.1) is 18.2 Å². The van der Waals surface area contributed by atoms with Crippen molar-refractivity contribution in [3.05, 3.63) is 46.9 Å². The number of piperidine rings is 1. The molecule has 7 heteroatoms. The van der Waals surface area contributed by atoms with Crippen molar-refractivity contribution in [1.29, 1.82) is 0 Å². The predicted molar refractivity (Wildman–Crippen MR) is 99.4 cm³/mol. The second-order valence-electron chi connectivity index (χ2n) is 6.88. The van der Waals surface area contributed by atoms with Crippen LogP contribution in [0.15, 0.2) is 35.5 Å². The van der Waals surface area contributed by atoms with Gasteiger partial charge in [0.25, 0.3) is 0 Å². The summed E-state index contributed by atoms with van der Waals surface area (Å²) in [7, 11) is 1.63. The second-order valence-corrected chi connectivity index (χ2v) is 6.88. The van der Waals surface area contributed by atoms with Crippen molar-refractivity contribution in [1.82, 2.24) is 15.1 Å². The van der Waals surface area contributed by atoms with Gasteiger partial charge in [-0.2, -0.15) is 0 Å². The van der Waals surface area contributed by atoms with E-state index in [1.807, 2.05) is 0 Å². The first kappa shape index (κ1) is 19.4. The number of rotatable bonds is 5. The molecule has 2 amide bonds. The van der Waals surface area contributed by atoms with E-state index in [-0.39, 0.29) is 18.2 Å². The van der Waals surface area contributed by atoms with Crippen molar-refractivity contribution in [3.63, 3.8) is 0 Å². The Balaban J connectivity index is 2.06. The molecule has 1 unspecified atom stereocenters. The Morgan fingerprint density at radius 2 is 1.96 bits per heavy atom. The fourth-order valence-electron chi connectivity index (χ4n) is 3.67. The minimum atomic E-state index is -0.867. The molecule has 0 aromatic heterocycles. The van der Waals surface area contributed by atoms with E-state index in [9.17, 15) is 14.0 Å². The van der Waals surface area contributed by atoms with E-state index in [2.05, 4.69) is 10.2 Å². The van der Waals surface area contributed by atoms with E-state index in [1.165, 1.54) is 17.4 Å². The highest BCUT2D eigenvalue weighted by molar-refractivity contribution is 5.95. The SMILES string of the molecule is CCOC(=O)C1=C(CN2CCCCC2)N(C)C(=O)NC1c1ccccc1F. The maximum atomic E-state index is 14.5. The molecule has 0 bridgehead atoms. The molecule has 27 heavy (non-hydrogen) atoms. The second kappa shape index (κ2) is 8.52. The number of nitrogens with one attached hydrogen (secondary N) is 1. The number of esters is 1. The van der Waals surface area contributed by atoms with Crippen LogP contribution in [-0.4, -0.2) is 55.1 Å². The number of nitrogens with zero attached hydrogens (tertiary/aromatic N) is 2. The predicted octanol–water partition coefficient (Wildman–Crippen LogP) is 2.82. The van der Waals surface area contributed by atoms with Crippen LogP contribution in [0.3, 0.4) is 0 Å². The van der Waals surface area contributed by atoms with Crippen molar-refractivity contribution < 1.29 is 18.7 Å². The van der Waals surface area contributed by atoms with Gasteiger partial charge in [-0.25, -0.2) is 14.0 Å². The fraction of sp³-hybridized carbons (Fsp3) is 0.500. The average molecular weight is 375 g/mol. The zero-order valence-electron chi connectivity index (χ0n) is 15.8. The Morgan fingerprint density at radius 3 is 2.63 bits per heavy atom. The van der Waals surface area contributed by atoms with Crippen LogP contribution in [0.4, 0.5) is 9.18 Å². The van der Waals surface area contributed by atoms with Crippen LogP contribution in [0.2, 0.25) is 0 Å². The highest BCUT2D eigenvalue weighted by Crippen LogP contribution is 2.32. The van der Waals surface area contributed by atoms with E-state index in [0.29, 0.717) is 17.8 Å². The van der Waals surface area contributed by atoms with Crippen LogP contribution in [0.25, 0.3) is 0 Å². The normalized spacial score (nSPS) is 21.2. The van der Waals surface area contributed by atoms with Crippen molar-refractivity contribution in [3.8, 4) is 0 Å². The van der Waals surface area contributed by atoms with Gasteiger partial charge in [0.2, 0.25) is 0 Å². The molecule has 146 valence electrons. The van der Waals surface area contributed by atoms with Crippen LogP contribution in [0.5, 0.6) is 0 Å². The van der Waals surface area contributed by atoms with E-state index >= 15 is 0 Å². The number of hydrogen-bond acceptors (Lipinski definition) is 4. The summed E-state index contributed by atoms with van der Waals surface area (Å²) in [5.41, 5.74) is 1.14. The van der Waals surface area contributed by atoms with Crippen molar-refractivity contribution in [2.24, 2.45) is 0 Å². The minimum Gasteiger partial charge on any atom is -0.463 e. The van der Waals surface area contributed by atoms with Gasteiger partial charge in [-0.3, -0.25) is 9.80 Å². The maximum Gasteiger partial charge on any atom is 0.338 e. The van der Waals surface area contributed by atoms with E-state index < -0.39 is 17.8 Å². The van der Waals surface area contributed by atoms with Crippen molar-refractivity contribution >= 4 is 12.0 Å². The number of carbonyl (C=O) groups is 2. The van der Waals surface area contributed by atoms with Gasteiger partial charge in [0, 0.05) is 24.9 Å². The minimum absolute atomic E-state index is 0.209. The molecule has 3 rings (SSSR count). The summed E-state index contributed by atoms with van der Waals surface area (Å²) >= 11 is 0. The standard InChI is InChI=1S/C20H26FN3O3/c1-3-27-19(25)17-16(13-24-11-7-4-8-12-24)23(2)20(26)22-18(17)14-9-5-6-10-15(14)21/h5-6,9-10,18H,3-4,7-8,11-13H2,1-2H3,(H,22,26). The molecule has 0 radical (unpaired) electrons. The molecule has 1 saturated heterocycles. The number of benzene rings is 1. The van der Waals surface area contributed by atoms with E-state index in [0.717, 1.165) is 25.9 Å². The van der Waals surface area contributed by atoms with Crippen LogP contribution >= 0.6 is 0 Å².